The van der Waals surface area contributed by atoms with Crippen LogP contribution in [0, 0.1) is 10.1 Å². The fraction of sp³-hybridized carbons (Fsp3) is 0.571. The van der Waals surface area contributed by atoms with Crippen molar-refractivity contribution in [1.29, 1.82) is 0 Å². The minimum absolute atomic E-state index is 0.125. The van der Waals surface area contributed by atoms with E-state index in [1.807, 2.05) is 0 Å². The Balaban J connectivity index is 2.80. The van der Waals surface area contributed by atoms with Crippen LogP contribution in [0.5, 0.6) is 5.75 Å². The fourth-order valence-corrected chi connectivity index (χ4v) is 2.41. The van der Waals surface area contributed by atoms with Gasteiger partial charge in [-0.3, -0.25) is 10.1 Å². The first-order valence-corrected chi connectivity index (χ1v) is 7.66. The summed E-state index contributed by atoms with van der Waals surface area (Å²) in [7, 11) is 0. The first-order valence-electron chi connectivity index (χ1n) is 6.87. The van der Waals surface area contributed by atoms with Gasteiger partial charge in [-0.05, 0) is 32.3 Å². The zero-order valence-corrected chi connectivity index (χ0v) is 13.5. The minimum atomic E-state index is -0.856. The van der Waals surface area contributed by atoms with Gasteiger partial charge in [0.25, 0.3) is 0 Å². The van der Waals surface area contributed by atoms with Crippen LogP contribution in [0.2, 0.25) is 0 Å². The van der Waals surface area contributed by atoms with Crippen LogP contribution in [0.3, 0.4) is 0 Å². The smallest absolute Gasteiger partial charge is 0.312 e. The van der Waals surface area contributed by atoms with E-state index in [2.05, 4.69) is 15.9 Å². The Hall–Kier alpha value is -1.18. The van der Waals surface area contributed by atoms with Crippen molar-refractivity contribution in [3.05, 3.63) is 32.3 Å². The van der Waals surface area contributed by atoms with E-state index < -0.39 is 11.0 Å². The van der Waals surface area contributed by atoms with E-state index in [0.717, 1.165) is 25.7 Å². The van der Waals surface area contributed by atoms with E-state index >= 15 is 0 Å². The lowest BCUT2D eigenvalue weighted by Gasteiger charge is -2.14. The molecule has 0 saturated heterocycles. The van der Waals surface area contributed by atoms with Crippen molar-refractivity contribution in [2.75, 3.05) is 13.2 Å². The van der Waals surface area contributed by atoms with E-state index in [9.17, 15) is 15.2 Å². The van der Waals surface area contributed by atoms with Gasteiger partial charge in [-0.2, -0.15) is 0 Å². The van der Waals surface area contributed by atoms with Gasteiger partial charge in [-0.1, -0.05) is 22.4 Å². The van der Waals surface area contributed by atoms with Gasteiger partial charge >= 0.3 is 5.69 Å². The molecule has 0 amide bonds. The number of benzene rings is 1. The number of aliphatic hydroxyl groups is 2. The van der Waals surface area contributed by atoms with Gasteiger partial charge < -0.3 is 14.9 Å². The number of ether oxygens (including phenoxy) is 1. The maximum absolute atomic E-state index is 11.1. The second-order valence-corrected chi connectivity index (χ2v) is 5.68. The first kappa shape index (κ1) is 17.9. The van der Waals surface area contributed by atoms with Crippen LogP contribution in [0.25, 0.3) is 0 Å². The Morgan fingerprint density at radius 3 is 2.57 bits per heavy atom. The highest BCUT2D eigenvalue weighted by Gasteiger charge is 2.23. The van der Waals surface area contributed by atoms with Crippen molar-refractivity contribution < 1.29 is 19.9 Å². The summed E-state index contributed by atoms with van der Waals surface area (Å²) in [5.41, 5.74) is 0.238. The molecule has 0 bridgehead atoms. The molecule has 1 aromatic carbocycles. The zero-order chi connectivity index (χ0) is 15.8. The SMILES string of the molecule is C[C@@H](O)c1cc(Br)cc([N+](=O)[O-])c1OCCCCCCO. The summed E-state index contributed by atoms with van der Waals surface area (Å²) < 4.78 is 6.07. The fourth-order valence-electron chi connectivity index (χ4n) is 1.94. The molecule has 0 aliphatic rings. The highest BCUT2D eigenvalue weighted by Crippen LogP contribution is 2.37. The monoisotopic (exact) mass is 361 g/mol. The van der Waals surface area contributed by atoms with Crippen molar-refractivity contribution in [3.8, 4) is 5.75 Å². The standard InChI is InChI=1S/C14H20BrNO5/c1-10(18)12-8-11(15)9-13(16(19)20)14(12)21-7-5-3-2-4-6-17/h8-10,17-18H,2-7H2,1H3/t10-/m1/s1. The maximum Gasteiger partial charge on any atom is 0.312 e. The predicted octanol–water partition coefficient (Wildman–Crippen LogP) is 3.34. The van der Waals surface area contributed by atoms with Crippen molar-refractivity contribution >= 4 is 21.6 Å². The van der Waals surface area contributed by atoms with Crippen molar-refractivity contribution in [2.45, 2.75) is 38.7 Å². The van der Waals surface area contributed by atoms with Gasteiger partial charge in [0.2, 0.25) is 5.75 Å². The number of nitrogens with zero attached hydrogens (tertiary/aromatic N) is 1. The normalized spacial score (nSPS) is 12.2. The Labute approximate surface area is 132 Å². The number of unbranched alkanes of at least 4 members (excludes halogenated alkanes) is 3. The lowest BCUT2D eigenvalue weighted by Crippen LogP contribution is -2.06. The van der Waals surface area contributed by atoms with Crippen LogP contribution >= 0.6 is 15.9 Å². The van der Waals surface area contributed by atoms with E-state index in [4.69, 9.17) is 9.84 Å². The average molecular weight is 362 g/mol. The highest BCUT2D eigenvalue weighted by molar-refractivity contribution is 9.10. The third-order valence-corrected chi connectivity index (χ3v) is 3.47. The van der Waals surface area contributed by atoms with Crippen molar-refractivity contribution in [1.82, 2.24) is 0 Å². The molecule has 1 aromatic rings. The Bertz CT molecular complexity index is 479. The predicted molar refractivity (Wildman–Crippen MR) is 82.5 cm³/mol. The number of hydrogen-bond acceptors (Lipinski definition) is 5. The van der Waals surface area contributed by atoms with E-state index in [0.29, 0.717) is 16.6 Å². The zero-order valence-electron chi connectivity index (χ0n) is 11.9. The Kier molecular flexibility index (Phi) is 7.63. The van der Waals surface area contributed by atoms with Crippen LogP contribution in [0.15, 0.2) is 16.6 Å². The molecule has 0 spiro atoms. The molecule has 1 atom stereocenters. The van der Waals surface area contributed by atoms with Gasteiger partial charge in [-0.15, -0.1) is 0 Å². The van der Waals surface area contributed by atoms with E-state index in [-0.39, 0.29) is 18.0 Å². The van der Waals surface area contributed by atoms with Gasteiger partial charge in [0.05, 0.1) is 17.6 Å². The summed E-state index contributed by atoms with van der Waals surface area (Å²) in [4.78, 5) is 10.6. The summed E-state index contributed by atoms with van der Waals surface area (Å²) in [6.07, 6.45) is 2.41. The van der Waals surface area contributed by atoms with Gasteiger partial charge in [0.1, 0.15) is 0 Å². The first-order chi connectivity index (χ1) is 9.97. The van der Waals surface area contributed by atoms with E-state index in [1.165, 1.54) is 6.07 Å². The molecule has 21 heavy (non-hydrogen) atoms. The third-order valence-electron chi connectivity index (χ3n) is 3.01. The molecule has 0 heterocycles. The minimum Gasteiger partial charge on any atom is -0.487 e. The van der Waals surface area contributed by atoms with Gasteiger partial charge in [-0.25, -0.2) is 0 Å². The van der Waals surface area contributed by atoms with E-state index in [1.54, 1.807) is 13.0 Å². The summed E-state index contributed by atoms with van der Waals surface area (Å²) in [5.74, 6) is 0.125. The van der Waals surface area contributed by atoms with Crippen LogP contribution < -0.4 is 4.74 Å². The number of nitro groups is 1. The molecule has 0 aliphatic heterocycles. The molecule has 118 valence electrons. The summed E-state index contributed by atoms with van der Waals surface area (Å²) in [6.45, 7) is 2.05. The molecular formula is C14H20BrNO5. The number of hydrogen-bond donors (Lipinski definition) is 2. The topological polar surface area (TPSA) is 92.8 Å². The maximum atomic E-state index is 11.1. The second-order valence-electron chi connectivity index (χ2n) is 4.76. The van der Waals surface area contributed by atoms with Crippen molar-refractivity contribution in [3.63, 3.8) is 0 Å². The lowest BCUT2D eigenvalue weighted by molar-refractivity contribution is -0.386. The lowest BCUT2D eigenvalue weighted by atomic mass is 10.1. The second kappa shape index (κ2) is 8.96. The van der Waals surface area contributed by atoms with Crippen LogP contribution in [-0.4, -0.2) is 28.4 Å². The van der Waals surface area contributed by atoms with Crippen LogP contribution in [0.4, 0.5) is 5.69 Å². The molecule has 0 aliphatic carbocycles. The Morgan fingerprint density at radius 2 is 2.00 bits per heavy atom. The Morgan fingerprint density at radius 1 is 1.33 bits per heavy atom. The summed E-state index contributed by atoms with van der Waals surface area (Å²) in [5, 5.41) is 29.6. The van der Waals surface area contributed by atoms with Gasteiger partial charge in [0, 0.05) is 22.7 Å². The van der Waals surface area contributed by atoms with Crippen molar-refractivity contribution in [2.24, 2.45) is 0 Å². The quantitative estimate of drug-likeness (QED) is 0.399. The summed E-state index contributed by atoms with van der Waals surface area (Å²) in [6, 6.07) is 2.99. The van der Waals surface area contributed by atoms with Crippen LogP contribution in [0.1, 0.15) is 44.3 Å². The highest BCUT2D eigenvalue weighted by atomic mass is 79.9. The number of aliphatic hydroxyl groups excluding tert-OH is 2. The number of nitro benzene ring substituents is 1. The molecule has 2 N–H and O–H groups in total. The summed E-state index contributed by atoms with van der Waals surface area (Å²) >= 11 is 3.20. The molecule has 1 rings (SSSR count). The molecule has 0 saturated carbocycles. The molecule has 0 fully saturated rings. The molecule has 6 nitrogen and oxygen atoms in total. The number of rotatable bonds is 9. The molecule has 7 heteroatoms. The van der Waals surface area contributed by atoms with Gasteiger partial charge in [0.15, 0.2) is 0 Å². The average Bonchev–Trinajstić information content (AvgIpc) is 2.42. The molecular weight excluding hydrogens is 342 g/mol. The molecule has 0 unspecified atom stereocenters. The third kappa shape index (κ3) is 5.61. The largest absolute Gasteiger partial charge is 0.487 e. The molecule has 0 radical (unpaired) electrons. The van der Waals surface area contributed by atoms with Crippen LogP contribution in [-0.2, 0) is 0 Å². The number of halogens is 1. The molecule has 0 aromatic heterocycles.